The summed E-state index contributed by atoms with van der Waals surface area (Å²) in [6.45, 7) is 0. The molecule has 4 nitrogen and oxygen atoms in total. The Morgan fingerprint density at radius 3 is 2.82 bits per heavy atom. The minimum absolute atomic E-state index is 0.517. The number of nitrogens with zero attached hydrogens (tertiary/aromatic N) is 1. The summed E-state index contributed by atoms with van der Waals surface area (Å²) in [5.41, 5.74) is 0. The molecule has 0 spiro atoms. The molecule has 0 bridgehead atoms. The van der Waals surface area contributed by atoms with Gasteiger partial charge < -0.3 is 5.32 Å². The van der Waals surface area contributed by atoms with Gasteiger partial charge in [-0.25, -0.2) is 0 Å². The molecule has 0 unspecified atom stereocenters. The molecule has 1 rings (SSSR count). The van der Waals surface area contributed by atoms with Crippen molar-refractivity contribution in [2.24, 2.45) is 5.92 Å². The fraction of sp³-hybridized carbons (Fsp3) is 0.182. The lowest BCUT2D eigenvalue weighted by Crippen LogP contribution is -2.31. The summed E-state index contributed by atoms with van der Waals surface area (Å²) >= 11 is 4.75. The van der Waals surface area contributed by atoms with Crippen molar-refractivity contribution in [2.45, 2.75) is 0 Å². The first kappa shape index (κ1) is 13.6. The number of amides is 1. The summed E-state index contributed by atoms with van der Waals surface area (Å²) in [7, 11) is 1.39. The number of nitrogens with one attached hydrogen (secondary N) is 1. The van der Waals surface area contributed by atoms with Crippen molar-refractivity contribution in [3.05, 3.63) is 26.9 Å². The van der Waals surface area contributed by atoms with Crippen molar-refractivity contribution in [2.75, 3.05) is 7.05 Å². The number of nitriles is 1. The third-order valence-electron chi connectivity index (χ3n) is 1.92. The summed E-state index contributed by atoms with van der Waals surface area (Å²) in [4.78, 5) is 23.7. The number of ketones is 1. The van der Waals surface area contributed by atoms with Crippen molar-refractivity contribution in [1.82, 2.24) is 5.32 Å². The van der Waals surface area contributed by atoms with E-state index in [4.69, 9.17) is 5.26 Å². The van der Waals surface area contributed by atoms with Crippen LogP contribution in [-0.2, 0) is 9.59 Å². The maximum atomic E-state index is 11.6. The predicted octanol–water partition coefficient (Wildman–Crippen LogP) is 1.98. The van der Waals surface area contributed by atoms with Crippen LogP contribution in [0.25, 0.3) is 6.08 Å². The molecule has 0 radical (unpaired) electrons. The van der Waals surface area contributed by atoms with Crippen LogP contribution in [0.4, 0.5) is 0 Å². The highest BCUT2D eigenvalue weighted by Crippen LogP contribution is 2.20. The Labute approximate surface area is 111 Å². The van der Waals surface area contributed by atoms with Gasteiger partial charge in [0.1, 0.15) is 0 Å². The summed E-state index contributed by atoms with van der Waals surface area (Å²) in [5.74, 6) is -2.38. The first-order valence-corrected chi connectivity index (χ1v) is 6.33. The molecule has 0 aliphatic rings. The van der Waals surface area contributed by atoms with E-state index in [2.05, 4.69) is 21.2 Å². The second kappa shape index (κ2) is 6.33. The molecule has 0 aromatic carbocycles. The average molecular weight is 313 g/mol. The van der Waals surface area contributed by atoms with Gasteiger partial charge in [-0.1, -0.05) is 0 Å². The van der Waals surface area contributed by atoms with Crippen LogP contribution in [0.5, 0.6) is 0 Å². The molecule has 0 saturated heterocycles. The Kier molecular flexibility index (Phi) is 5.07. The Hall–Kier alpha value is -1.45. The second-order valence-electron chi connectivity index (χ2n) is 3.08. The number of hydrogen-bond acceptors (Lipinski definition) is 4. The zero-order chi connectivity index (χ0) is 12.8. The van der Waals surface area contributed by atoms with E-state index >= 15 is 0 Å². The van der Waals surface area contributed by atoms with Gasteiger partial charge in [0, 0.05) is 21.8 Å². The minimum atomic E-state index is -1.28. The van der Waals surface area contributed by atoms with E-state index in [-0.39, 0.29) is 0 Å². The number of rotatable bonds is 4. The standard InChI is InChI=1S/C11H9BrN2O2S/c1-14-11(16)9(5-13)10(15)3-2-8-4-7(12)6-17-8/h2-4,6,9H,1H3,(H,14,16)/b3-2+/t9-/m0/s1. The number of halogens is 1. The summed E-state index contributed by atoms with van der Waals surface area (Å²) in [6.07, 6.45) is 2.84. The van der Waals surface area contributed by atoms with Crippen LogP contribution < -0.4 is 5.32 Å². The molecular formula is C11H9BrN2O2S. The highest BCUT2D eigenvalue weighted by molar-refractivity contribution is 9.10. The van der Waals surface area contributed by atoms with Gasteiger partial charge in [-0.2, -0.15) is 5.26 Å². The molecule has 1 atom stereocenters. The van der Waals surface area contributed by atoms with Crippen LogP contribution in [0.15, 0.2) is 22.0 Å². The Bertz CT molecular complexity index is 502. The third kappa shape index (κ3) is 3.80. The third-order valence-corrected chi connectivity index (χ3v) is 3.58. The van der Waals surface area contributed by atoms with E-state index in [1.807, 2.05) is 11.4 Å². The van der Waals surface area contributed by atoms with Gasteiger partial charge in [-0.15, -0.1) is 11.3 Å². The molecule has 6 heteroatoms. The zero-order valence-electron chi connectivity index (χ0n) is 8.94. The van der Waals surface area contributed by atoms with Crippen molar-refractivity contribution < 1.29 is 9.59 Å². The maximum absolute atomic E-state index is 11.6. The van der Waals surface area contributed by atoms with E-state index in [9.17, 15) is 9.59 Å². The molecule has 1 heterocycles. The van der Waals surface area contributed by atoms with Gasteiger partial charge in [0.2, 0.25) is 5.91 Å². The van der Waals surface area contributed by atoms with Gasteiger partial charge in [-0.05, 0) is 34.1 Å². The van der Waals surface area contributed by atoms with Crippen molar-refractivity contribution in [3.63, 3.8) is 0 Å². The predicted molar refractivity (Wildman–Crippen MR) is 69.2 cm³/mol. The van der Waals surface area contributed by atoms with Crippen molar-refractivity contribution in [1.29, 1.82) is 5.26 Å². The largest absolute Gasteiger partial charge is 0.358 e. The molecule has 1 amide bonds. The molecule has 0 aliphatic heterocycles. The van der Waals surface area contributed by atoms with Gasteiger partial charge >= 0.3 is 0 Å². The fourth-order valence-corrected chi connectivity index (χ4v) is 2.41. The monoisotopic (exact) mass is 312 g/mol. The molecular weight excluding hydrogens is 304 g/mol. The Balaban J connectivity index is 2.75. The normalized spacial score (nSPS) is 12.1. The van der Waals surface area contributed by atoms with Gasteiger partial charge in [0.15, 0.2) is 11.7 Å². The highest BCUT2D eigenvalue weighted by Gasteiger charge is 2.22. The maximum Gasteiger partial charge on any atom is 0.245 e. The van der Waals surface area contributed by atoms with Crippen molar-refractivity contribution >= 4 is 45.0 Å². The van der Waals surface area contributed by atoms with Crippen LogP contribution in [0.2, 0.25) is 0 Å². The Morgan fingerprint density at radius 1 is 1.65 bits per heavy atom. The molecule has 1 N–H and O–H groups in total. The van der Waals surface area contributed by atoms with Crippen LogP contribution in [-0.4, -0.2) is 18.7 Å². The number of allylic oxidation sites excluding steroid dienone is 1. The van der Waals surface area contributed by atoms with E-state index < -0.39 is 17.6 Å². The first-order chi connectivity index (χ1) is 8.08. The lowest BCUT2D eigenvalue weighted by molar-refractivity contribution is -0.129. The van der Waals surface area contributed by atoms with Gasteiger partial charge in [0.25, 0.3) is 0 Å². The van der Waals surface area contributed by atoms with E-state index in [1.54, 1.807) is 12.1 Å². The minimum Gasteiger partial charge on any atom is -0.358 e. The molecule has 0 saturated carbocycles. The van der Waals surface area contributed by atoms with E-state index in [0.29, 0.717) is 0 Å². The van der Waals surface area contributed by atoms with Crippen LogP contribution in [0, 0.1) is 17.2 Å². The van der Waals surface area contributed by atoms with E-state index in [0.717, 1.165) is 9.35 Å². The molecule has 0 aliphatic carbocycles. The average Bonchev–Trinajstić information content (AvgIpc) is 2.73. The SMILES string of the molecule is CNC(=O)[C@@H](C#N)C(=O)/C=C/c1cc(Br)cs1. The molecule has 88 valence electrons. The zero-order valence-corrected chi connectivity index (χ0v) is 11.3. The van der Waals surface area contributed by atoms with Gasteiger partial charge in [-0.3, -0.25) is 9.59 Å². The van der Waals surface area contributed by atoms with E-state index in [1.165, 1.54) is 24.5 Å². The second-order valence-corrected chi connectivity index (χ2v) is 4.94. The molecule has 17 heavy (non-hydrogen) atoms. The first-order valence-electron chi connectivity index (χ1n) is 4.65. The number of carbonyl (C=O) groups excluding carboxylic acids is 2. The molecule has 0 fully saturated rings. The molecule has 1 aromatic rings. The van der Waals surface area contributed by atoms with Gasteiger partial charge in [0.05, 0.1) is 6.07 Å². The number of thiophene rings is 1. The fourth-order valence-electron chi connectivity index (χ4n) is 1.07. The quantitative estimate of drug-likeness (QED) is 0.682. The number of carbonyl (C=O) groups is 2. The van der Waals surface area contributed by atoms with Crippen LogP contribution in [0.3, 0.4) is 0 Å². The summed E-state index contributed by atoms with van der Waals surface area (Å²) in [6, 6.07) is 3.52. The lowest BCUT2D eigenvalue weighted by atomic mass is 10.0. The smallest absolute Gasteiger partial charge is 0.245 e. The van der Waals surface area contributed by atoms with Crippen LogP contribution in [0.1, 0.15) is 4.88 Å². The number of hydrogen-bond donors (Lipinski definition) is 1. The summed E-state index contributed by atoms with van der Waals surface area (Å²) in [5, 5.41) is 12.9. The lowest BCUT2D eigenvalue weighted by Gasteiger charge is -2.02. The summed E-state index contributed by atoms with van der Waals surface area (Å²) < 4.78 is 0.928. The topological polar surface area (TPSA) is 70.0 Å². The Morgan fingerprint density at radius 2 is 2.35 bits per heavy atom. The van der Waals surface area contributed by atoms with Crippen molar-refractivity contribution in [3.8, 4) is 6.07 Å². The van der Waals surface area contributed by atoms with Crippen LogP contribution >= 0.6 is 27.3 Å². The molecule has 1 aromatic heterocycles. The highest BCUT2D eigenvalue weighted by atomic mass is 79.9.